The van der Waals surface area contributed by atoms with E-state index < -0.39 is 0 Å². The molecule has 1 N–H and O–H groups in total. The minimum atomic E-state index is -0.152. The first-order chi connectivity index (χ1) is 12.2. The van der Waals surface area contributed by atoms with Gasteiger partial charge >= 0.3 is 0 Å². The van der Waals surface area contributed by atoms with Gasteiger partial charge in [0.15, 0.2) is 5.69 Å². The first-order valence-electron chi connectivity index (χ1n) is 9.21. The Kier molecular flexibility index (Phi) is 6.17. The molecule has 2 aromatic rings. The lowest BCUT2D eigenvalue weighted by atomic mass is 10.1. The van der Waals surface area contributed by atoms with E-state index in [1.165, 1.54) is 25.7 Å². The number of aromatic nitrogens is 3. The molecule has 0 bridgehead atoms. The number of nitrogens with zero attached hydrogens (tertiary/aromatic N) is 4. The highest BCUT2D eigenvalue weighted by Crippen LogP contribution is 2.16. The van der Waals surface area contributed by atoms with E-state index in [1.807, 2.05) is 37.3 Å². The fourth-order valence-corrected chi connectivity index (χ4v) is 3.23. The lowest BCUT2D eigenvalue weighted by Gasteiger charge is -2.19. The molecule has 6 nitrogen and oxygen atoms in total. The summed E-state index contributed by atoms with van der Waals surface area (Å²) in [6.07, 6.45) is 6.90. The highest BCUT2D eigenvalue weighted by Gasteiger charge is 2.15. The predicted molar refractivity (Wildman–Crippen MR) is 97.5 cm³/mol. The van der Waals surface area contributed by atoms with Crippen molar-refractivity contribution in [3.05, 3.63) is 47.8 Å². The van der Waals surface area contributed by atoms with Crippen LogP contribution in [0.25, 0.3) is 0 Å². The van der Waals surface area contributed by atoms with Crippen molar-refractivity contribution >= 4 is 5.91 Å². The summed E-state index contributed by atoms with van der Waals surface area (Å²) in [6, 6.07) is 10.1. The van der Waals surface area contributed by atoms with Crippen LogP contribution in [0.4, 0.5) is 0 Å². The first-order valence-corrected chi connectivity index (χ1v) is 9.21. The molecule has 1 amide bonds. The normalized spacial score (nSPS) is 17.0. The molecular weight excluding hydrogens is 314 g/mol. The molecule has 1 unspecified atom stereocenters. The Balaban J connectivity index is 1.50. The average Bonchev–Trinajstić information content (AvgIpc) is 3.00. The van der Waals surface area contributed by atoms with Crippen LogP contribution in [0.2, 0.25) is 0 Å². The van der Waals surface area contributed by atoms with E-state index in [0.717, 1.165) is 25.2 Å². The van der Waals surface area contributed by atoms with Crippen LogP contribution in [0.1, 0.15) is 54.7 Å². The third kappa shape index (κ3) is 4.89. The van der Waals surface area contributed by atoms with Crippen molar-refractivity contribution in [1.29, 1.82) is 0 Å². The molecule has 0 spiro atoms. The standard InChI is InChI=1S/C19H27N5O/c1-16(17-9-5-4-6-10-17)24-15-18(21-22-24)19(25)20-11-14-23-12-7-2-3-8-13-23/h4-6,9-10,15-16H,2-3,7-8,11-14H2,1H3,(H,20,25). The number of benzene rings is 1. The van der Waals surface area contributed by atoms with Crippen LogP contribution in [0.3, 0.4) is 0 Å². The maximum atomic E-state index is 12.3. The second-order valence-electron chi connectivity index (χ2n) is 6.68. The average molecular weight is 341 g/mol. The molecule has 2 heterocycles. The van der Waals surface area contributed by atoms with E-state index in [-0.39, 0.29) is 11.9 Å². The maximum Gasteiger partial charge on any atom is 0.273 e. The van der Waals surface area contributed by atoms with Gasteiger partial charge in [0.05, 0.1) is 12.2 Å². The van der Waals surface area contributed by atoms with Gasteiger partial charge in [-0.25, -0.2) is 4.68 Å². The highest BCUT2D eigenvalue weighted by atomic mass is 16.2. The van der Waals surface area contributed by atoms with E-state index in [9.17, 15) is 4.79 Å². The Bertz CT molecular complexity index is 661. The van der Waals surface area contributed by atoms with Crippen molar-refractivity contribution in [2.24, 2.45) is 0 Å². The summed E-state index contributed by atoms with van der Waals surface area (Å²) < 4.78 is 1.74. The van der Waals surface area contributed by atoms with Crippen LogP contribution >= 0.6 is 0 Å². The lowest BCUT2D eigenvalue weighted by molar-refractivity contribution is 0.0943. The molecule has 1 fully saturated rings. The Labute approximate surface area is 149 Å². The number of hydrogen-bond acceptors (Lipinski definition) is 4. The summed E-state index contributed by atoms with van der Waals surface area (Å²) in [7, 11) is 0. The topological polar surface area (TPSA) is 63.1 Å². The zero-order chi connectivity index (χ0) is 17.5. The van der Waals surface area contributed by atoms with E-state index in [1.54, 1.807) is 10.9 Å². The van der Waals surface area contributed by atoms with Gasteiger partial charge in [0, 0.05) is 13.1 Å². The van der Waals surface area contributed by atoms with E-state index >= 15 is 0 Å². The lowest BCUT2D eigenvalue weighted by Crippen LogP contribution is -2.35. The Morgan fingerprint density at radius 1 is 1.16 bits per heavy atom. The zero-order valence-electron chi connectivity index (χ0n) is 14.9. The van der Waals surface area contributed by atoms with E-state index in [2.05, 4.69) is 20.5 Å². The molecule has 134 valence electrons. The third-order valence-corrected chi connectivity index (χ3v) is 4.83. The molecule has 1 aromatic heterocycles. The second-order valence-corrected chi connectivity index (χ2v) is 6.68. The van der Waals surface area contributed by atoms with Crippen LogP contribution in [-0.4, -0.2) is 52.0 Å². The van der Waals surface area contributed by atoms with Crippen molar-refractivity contribution in [3.63, 3.8) is 0 Å². The van der Waals surface area contributed by atoms with Gasteiger partial charge in [-0.05, 0) is 38.4 Å². The molecule has 1 aliphatic heterocycles. The van der Waals surface area contributed by atoms with Crippen LogP contribution in [0.5, 0.6) is 0 Å². The molecule has 1 atom stereocenters. The molecule has 0 radical (unpaired) electrons. The molecule has 1 aromatic carbocycles. The molecule has 3 rings (SSSR count). The smallest absolute Gasteiger partial charge is 0.273 e. The van der Waals surface area contributed by atoms with Crippen LogP contribution < -0.4 is 5.32 Å². The molecule has 1 aliphatic rings. The summed E-state index contributed by atoms with van der Waals surface area (Å²) in [5, 5.41) is 11.1. The van der Waals surface area contributed by atoms with Crippen molar-refractivity contribution in [2.75, 3.05) is 26.2 Å². The van der Waals surface area contributed by atoms with Crippen molar-refractivity contribution in [1.82, 2.24) is 25.2 Å². The molecule has 0 saturated carbocycles. The number of rotatable bonds is 6. The number of likely N-dealkylation sites (tertiary alicyclic amines) is 1. The number of hydrogen-bond donors (Lipinski definition) is 1. The summed E-state index contributed by atoms with van der Waals surface area (Å²) in [4.78, 5) is 14.7. The SMILES string of the molecule is CC(c1ccccc1)n1cc(C(=O)NCCN2CCCCCC2)nn1. The molecular formula is C19H27N5O. The summed E-state index contributed by atoms with van der Waals surface area (Å²) >= 11 is 0. The van der Waals surface area contributed by atoms with Gasteiger partial charge in [-0.3, -0.25) is 4.79 Å². The van der Waals surface area contributed by atoms with Gasteiger partial charge in [-0.2, -0.15) is 0 Å². The minimum Gasteiger partial charge on any atom is -0.349 e. The van der Waals surface area contributed by atoms with E-state index in [0.29, 0.717) is 12.2 Å². The largest absolute Gasteiger partial charge is 0.349 e. The van der Waals surface area contributed by atoms with Gasteiger partial charge in [-0.15, -0.1) is 5.10 Å². The van der Waals surface area contributed by atoms with Crippen molar-refractivity contribution < 1.29 is 4.79 Å². The van der Waals surface area contributed by atoms with Gasteiger partial charge in [0.25, 0.3) is 5.91 Å². The molecule has 6 heteroatoms. The number of nitrogens with one attached hydrogen (secondary N) is 1. The summed E-state index contributed by atoms with van der Waals surface area (Å²) in [5.74, 6) is -0.152. The third-order valence-electron chi connectivity index (χ3n) is 4.83. The monoisotopic (exact) mass is 341 g/mol. The molecule has 1 saturated heterocycles. The van der Waals surface area contributed by atoms with Crippen LogP contribution in [0.15, 0.2) is 36.5 Å². The van der Waals surface area contributed by atoms with Crippen molar-refractivity contribution in [3.8, 4) is 0 Å². The Hall–Kier alpha value is -2.21. The van der Waals surface area contributed by atoms with Gasteiger partial charge in [0.2, 0.25) is 0 Å². The molecule has 25 heavy (non-hydrogen) atoms. The van der Waals surface area contributed by atoms with Gasteiger partial charge in [-0.1, -0.05) is 48.4 Å². The Morgan fingerprint density at radius 3 is 2.60 bits per heavy atom. The highest BCUT2D eigenvalue weighted by molar-refractivity contribution is 5.91. The van der Waals surface area contributed by atoms with Crippen molar-refractivity contribution in [2.45, 2.75) is 38.6 Å². The minimum absolute atomic E-state index is 0.0485. The quantitative estimate of drug-likeness (QED) is 0.877. The molecule has 0 aliphatic carbocycles. The second kappa shape index (κ2) is 8.76. The number of carbonyl (C=O) groups excluding carboxylic acids is 1. The van der Waals surface area contributed by atoms with Crippen LogP contribution in [-0.2, 0) is 0 Å². The first kappa shape index (κ1) is 17.6. The fraction of sp³-hybridized carbons (Fsp3) is 0.526. The van der Waals surface area contributed by atoms with Crippen LogP contribution in [0, 0.1) is 0 Å². The predicted octanol–water partition coefficient (Wildman–Crippen LogP) is 2.49. The van der Waals surface area contributed by atoms with Gasteiger partial charge in [0.1, 0.15) is 0 Å². The maximum absolute atomic E-state index is 12.3. The van der Waals surface area contributed by atoms with E-state index in [4.69, 9.17) is 0 Å². The summed E-state index contributed by atoms with van der Waals surface area (Å²) in [6.45, 7) is 5.88. The van der Waals surface area contributed by atoms with Gasteiger partial charge < -0.3 is 10.2 Å². The zero-order valence-corrected chi connectivity index (χ0v) is 14.9. The number of amides is 1. The summed E-state index contributed by atoms with van der Waals surface area (Å²) in [5.41, 5.74) is 1.51. The fourth-order valence-electron chi connectivity index (χ4n) is 3.23. The Morgan fingerprint density at radius 2 is 1.88 bits per heavy atom. The number of carbonyl (C=O) groups is 1.